The van der Waals surface area contributed by atoms with Gasteiger partial charge in [0.25, 0.3) is 0 Å². The van der Waals surface area contributed by atoms with E-state index in [1.807, 2.05) is 12.1 Å². The van der Waals surface area contributed by atoms with E-state index < -0.39 is 0 Å². The van der Waals surface area contributed by atoms with Crippen molar-refractivity contribution in [3.63, 3.8) is 0 Å². The summed E-state index contributed by atoms with van der Waals surface area (Å²) < 4.78 is 5.25. The Morgan fingerprint density at radius 2 is 2.00 bits per heavy atom. The first-order valence-electron chi connectivity index (χ1n) is 6.51. The van der Waals surface area contributed by atoms with E-state index in [1.165, 1.54) is 24.8 Å². The summed E-state index contributed by atoms with van der Waals surface area (Å²) in [7, 11) is 1.69. The van der Waals surface area contributed by atoms with Gasteiger partial charge in [-0.2, -0.15) is 0 Å². The maximum absolute atomic E-state index is 5.25. The number of pyridine rings is 1. The average Bonchev–Trinajstić information content (AvgIpc) is 2.47. The largest absolute Gasteiger partial charge is 0.497 e. The lowest BCUT2D eigenvalue weighted by Crippen LogP contribution is -1.95. The first kappa shape index (κ1) is 11.3. The predicted molar refractivity (Wildman–Crippen MR) is 74.7 cm³/mol. The van der Waals surface area contributed by atoms with Gasteiger partial charge in [0.15, 0.2) is 0 Å². The van der Waals surface area contributed by atoms with E-state index in [0.29, 0.717) is 0 Å². The zero-order chi connectivity index (χ0) is 12.4. The van der Waals surface area contributed by atoms with Gasteiger partial charge in [0.05, 0.1) is 18.3 Å². The van der Waals surface area contributed by atoms with Crippen LogP contribution in [-0.2, 0) is 0 Å². The van der Waals surface area contributed by atoms with Crippen molar-refractivity contribution >= 4 is 16.5 Å². The fourth-order valence-corrected chi connectivity index (χ4v) is 2.47. The molecule has 0 N–H and O–H groups in total. The lowest BCUT2D eigenvalue weighted by molar-refractivity contribution is 0.415. The molecule has 0 bridgehead atoms. The van der Waals surface area contributed by atoms with Gasteiger partial charge < -0.3 is 4.74 Å². The molecule has 18 heavy (non-hydrogen) atoms. The summed E-state index contributed by atoms with van der Waals surface area (Å²) >= 11 is 0. The molecule has 1 aromatic heterocycles. The molecule has 2 heteroatoms. The summed E-state index contributed by atoms with van der Waals surface area (Å²) in [5.74, 6) is 0.866. The molecule has 2 nitrogen and oxygen atoms in total. The Bertz CT molecular complexity index is 601. The van der Waals surface area contributed by atoms with Gasteiger partial charge in [0.1, 0.15) is 5.75 Å². The molecular formula is C16H17NO. The summed E-state index contributed by atoms with van der Waals surface area (Å²) in [6.45, 7) is 0. The quantitative estimate of drug-likeness (QED) is 0.783. The van der Waals surface area contributed by atoms with E-state index in [4.69, 9.17) is 9.72 Å². The molecule has 3 rings (SSSR count). The molecule has 0 fully saturated rings. The highest BCUT2D eigenvalue weighted by atomic mass is 16.5. The number of methoxy groups -OCH3 is 1. The smallest absolute Gasteiger partial charge is 0.121 e. The van der Waals surface area contributed by atoms with E-state index >= 15 is 0 Å². The Balaban J connectivity index is 2.06. The van der Waals surface area contributed by atoms with Crippen LogP contribution in [0.1, 0.15) is 31.4 Å². The van der Waals surface area contributed by atoms with Gasteiger partial charge in [0, 0.05) is 11.5 Å². The van der Waals surface area contributed by atoms with Crippen LogP contribution in [0.15, 0.2) is 36.4 Å². The number of benzene rings is 1. The number of rotatable bonds is 2. The SMILES string of the molecule is COc1ccc2ccc(C3=CCCCC3)nc2c1. The molecule has 1 aliphatic carbocycles. The molecule has 0 unspecified atom stereocenters. The number of allylic oxidation sites excluding steroid dienone is 2. The van der Waals surface area contributed by atoms with E-state index in [2.05, 4.69) is 24.3 Å². The van der Waals surface area contributed by atoms with Gasteiger partial charge in [-0.15, -0.1) is 0 Å². The highest BCUT2D eigenvalue weighted by molar-refractivity contribution is 5.82. The van der Waals surface area contributed by atoms with Crippen molar-refractivity contribution in [3.05, 3.63) is 42.1 Å². The molecule has 0 aliphatic heterocycles. The Labute approximate surface area is 107 Å². The minimum Gasteiger partial charge on any atom is -0.497 e. The van der Waals surface area contributed by atoms with E-state index in [9.17, 15) is 0 Å². The predicted octanol–water partition coefficient (Wildman–Crippen LogP) is 4.20. The van der Waals surface area contributed by atoms with Gasteiger partial charge in [-0.1, -0.05) is 12.1 Å². The number of hydrogen-bond donors (Lipinski definition) is 0. The summed E-state index contributed by atoms with van der Waals surface area (Å²) in [6.07, 6.45) is 7.27. The molecule has 0 amide bonds. The molecule has 1 aliphatic rings. The molecule has 2 aromatic rings. The second-order valence-corrected chi connectivity index (χ2v) is 4.73. The van der Waals surface area contributed by atoms with Gasteiger partial charge in [-0.3, -0.25) is 0 Å². The summed E-state index contributed by atoms with van der Waals surface area (Å²) in [5.41, 5.74) is 3.53. The zero-order valence-corrected chi connectivity index (χ0v) is 10.6. The highest BCUT2D eigenvalue weighted by Gasteiger charge is 2.08. The van der Waals surface area contributed by atoms with E-state index in [0.717, 1.165) is 28.8 Å². The van der Waals surface area contributed by atoms with Crippen LogP contribution in [0.3, 0.4) is 0 Å². The molecular weight excluding hydrogens is 222 g/mol. The van der Waals surface area contributed by atoms with Crippen LogP contribution in [0.25, 0.3) is 16.5 Å². The standard InChI is InChI=1S/C16H17NO/c1-18-14-9-7-13-8-10-15(17-16(13)11-14)12-5-3-2-4-6-12/h5,7-11H,2-4,6H2,1H3. The molecule has 1 aromatic carbocycles. The van der Waals surface area contributed by atoms with E-state index in [-0.39, 0.29) is 0 Å². The molecule has 0 radical (unpaired) electrons. The second kappa shape index (κ2) is 4.81. The van der Waals surface area contributed by atoms with Crippen molar-refractivity contribution in [1.29, 1.82) is 0 Å². The first-order chi connectivity index (χ1) is 8.86. The van der Waals surface area contributed by atoms with Crippen LogP contribution in [0, 0.1) is 0 Å². The van der Waals surface area contributed by atoms with Gasteiger partial charge in [-0.25, -0.2) is 4.98 Å². The summed E-state index contributed by atoms with van der Waals surface area (Å²) in [4.78, 5) is 4.76. The fraction of sp³-hybridized carbons (Fsp3) is 0.312. The number of ether oxygens (including phenoxy) is 1. The van der Waals surface area contributed by atoms with Crippen molar-refractivity contribution in [3.8, 4) is 5.75 Å². The van der Waals surface area contributed by atoms with Crippen molar-refractivity contribution in [2.24, 2.45) is 0 Å². The van der Waals surface area contributed by atoms with Gasteiger partial charge in [0.2, 0.25) is 0 Å². The third-order valence-corrected chi connectivity index (χ3v) is 3.52. The maximum atomic E-state index is 5.25. The fourth-order valence-electron chi connectivity index (χ4n) is 2.47. The van der Waals surface area contributed by atoms with Crippen molar-refractivity contribution in [1.82, 2.24) is 4.98 Å². The van der Waals surface area contributed by atoms with E-state index in [1.54, 1.807) is 7.11 Å². The molecule has 0 atom stereocenters. The Hall–Kier alpha value is -1.83. The number of aromatic nitrogens is 1. The summed E-state index contributed by atoms with van der Waals surface area (Å²) in [5, 5.41) is 1.16. The Kier molecular flexibility index (Phi) is 3.01. The monoisotopic (exact) mass is 239 g/mol. The van der Waals surface area contributed by atoms with Crippen LogP contribution >= 0.6 is 0 Å². The second-order valence-electron chi connectivity index (χ2n) is 4.73. The van der Waals surface area contributed by atoms with Crippen molar-refractivity contribution < 1.29 is 4.74 Å². The molecule has 0 saturated carbocycles. The Morgan fingerprint density at radius 1 is 1.11 bits per heavy atom. The molecule has 0 saturated heterocycles. The number of fused-ring (bicyclic) bond motifs is 1. The van der Waals surface area contributed by atoms with Crippen molar-refractivity contribution in [2.45, 2.75) is 25.7 Å². The zero-order valence-electron chi connectivity index (χ0n) is 10.6. The third kappa shape index (κ3) is 2.10. The lowest BCUT2D eigenvalue weighted by atomic mass is 9.96. The van der Waals surface area contributed by atoms with Crippen LogP contribution < -0.4 is 4.74 Å². The molecule has 92 valence electrons. The lowest BCUT2D eigenvalue weighted by Gasteiger charge is -2.12. The Morgan fingerprint density at radius 3 is 2.78 bits per heavy atom. The van der Waals surface area contributed by atoms with Crippen molar-refractivity contribution in [2.75, 3.05) is 7.11 Å². The van der Waals surface area contributed by atoms with Crippen LogP contribution in [-0.4, -0.2) is 12.1 Å². The number of hydrogen-bond acceptors (Lipinski definition) is 2. The van der Waals surface area contributed by atoms with Gasteiger partial charge in [-0.05, 0) is 49.5 Å². The maximum Gasteiger partial charge on any atom is 0.121 e. The summed E-state index contributed by atoms with van der Waals surface area (Å²) in [6, 6.07) is 10.3. The van der Waals surface area contributed by atoms with Crippen LogP contribution in [0.5, 0.6) is 5.75 Å². The minimum absolute atomic E-state index is 0.866. The molecule has 0 spiro atoms. The van der Waals surface area contributed by atoms with Crippen LogP contribution in [0.4, 0.5) is 0 Å². The molecule has 1 heterocycles. The number of nitrogens with zero attached hydrogens (tertiary/aromatic N) is 1. The van der Waals surface area contributed by atoms with Gasteiger partial charge >= 0.3 is 0 Å². The normalized spacial score (nSPS) is 15.5. The highest BCUT2D eigenvalue weighted by Crippen LogP contribution is 2.27. The third-order valence-electron chi connectivity index (χ3n) is 3.52. The average molecular weight is 239 g/mol. The minimum atomic E-state index is 0.866. The first-order valence-corrected chi connectivity index (χ1v) is 6.51. The van der Waals surface area contributed by atoms with Crippen LogP contribution in [0.2, 0.25) is 0 Å². The topological polar surface area (TPSA) is 22.1 Å².